The summed E-state index contributed by atoms with van der Waals surface area (Å²) in [4.78, 5) is 13.4. The fraction of sp³-hybridized carbons (Fsp3) is 0.429. The van der Waals surface area contributed by atoms with Crippen molar-refractivity contribution in [3.63, 3.8) is 0 Å². The molecule has 0 aliphatic carbocycles. The normalized spacial score (nSPS) is 19.0. The van der Waals surface area contributed by atoms with Crippen molar-refractivity contribution in [2.45, 2.75) is 25.5 Å². The van der Waals surface area contributed by atoms with Gasteiger partial charge in [-0.2, -0.15) is 5.10 Å². The van der Waals surface area contributed by atoms with Crippen molar-refractivity contribution < 1.29 is 19.7 Å². The lowest BCUT2D eigenvalue weighted by Gasteiger charge is -2.34. The van der Waals surface area contributed by atoms with Gasteiger partial charge < -0.3 is 19.8 Å². The van der Waals surface area contributed by atoms with Crippen LogP contribution in [0.4, 0.5) is 5.82 Å². The topological polar surface area (TPSA) is 87.3 Å². The number of rotatable bonds is 2. The molecule has 0 spiro atoms. The lowest BCUT2D eigenvalue weighted by molar-refractivity contribution is 0.0603. The van der Waals surface area contributed by atoms with E-state index >= 15 is 0 Å². The highest BCUT2D eigenvalue weighted by atomic mass is 16.5. The maximum absolute atomic E-state index is 11.7. The second kappa shape index (κ2) is 5.25. The molecule has 1 aliphatic rings. The number of aliphatic hydroxyl groups is 1. The third kappa shape index (κ3) is 2.19. The van der Waals surface area contributed by atoms with Crippen LogP contribution < -0.4 is 4.90 Å². The second-order valence-corrected chi connectivity index (χ2v) is 5.06. The molecule has 0 radical (unpaired) electrons. The largest absolute Gasteiger partial charge is 0.504 e. The summed E-state index contributed by atoms with van der Waals surface area (Å²) in [6, 6.07) is 3.11. The van der Waals surface area contributed by atoms with Gasteiger partial charge >= 0.3 is 5.97 Å². The first-order valence-corrected chi connectivity index (χ1v) is 6.86. The molecule has 7 heteroatoms. The first kappa shape index (κ1) is 13.7. The zero-order valence-electron chi connectivity index (χ0n) is 11.7. The first-order valence-electron chi connectivity index (χ1n) is 6.86. The summed E-state index contributed by atoms with van der Waals surface area (Å²) in [5, 5.41) is 24.5. The fourth-order valence-corrected chi connectivity index (χ4v) is 2.72. The molecule has 0 bridgehead atoms. The molecule has 1 atom stereocenters. The molecule has 0 aromatic carbocycles. The van der Waals surface area contributed by atoms with E-state index in [4.69, 9.17) is 4.74 Å². The van der Waals surface area contributed by atoms with Crippen LogP contribution in [0.5, 0.6) is 5.75 Å². The molecule has 3 rings (SSSR count). The van der Waals surface area contributed by atoms with E-state index in [1.807, 2.05) is 0 Å². The van der Waals surface area contributed by atoms with Crippen molar-refractivity contribution in [2.75, 3.05) is 18.6 Å². The molecular formula is C14H17N3O4. The number of carbonyl (C=O) groups excluding carboxylic acids is 1. The minimum absolute atomic E-state index is 0.0166. The van der Waals surface area contributed by atoms with Gasteiger partial charge in [0.15, 0.2) is 11.6 Å². The summed E-state index contributed by atoms with van der Waals surface area (Å²) in [5.41, 5.74) is 0.859. The van der Waals surface area contributed by atoms with Crippen LogP contribution in [0.3, 0.4) is 0 Å². The number of aromatic hydroxyl groups is 1. The van der Waals surface area contributed by atoms with Crippen molar-refractivity contribution in [2.24, 2.45) is 0 Å². The van der Waals surface area contributed by atoms with Crippen LogP contribution in [0.15, 0.2) is 18.3 Å². The molecule has 2 aromatic rings. The predicted octanol–water partition coefficient (Wildman–Crippen LogP) is 1.14. The molecular weight excluding hydrogens is 274 g/mol. The summed E-state index contributed by atoms with van der Waals surface area (Å²) < 4.78 is 6.19. The molecule has 1 saturated heterocycles. The molecule has 0 saturated carbocycles. The van der Waals surface area contributed by atoms with Crippen molar-refractivity contribution in [3.05, 3.63) is 23.9 Å². The van der Waals surface area contributed by atoms with Gasteiger partial charge in [-0.25, -0.2) is 9.31 Å². The van der Waals surface area contributed by atoms with Gasteiger partial charge in [0.25, 0.3) is 0 Å². The lowest BCUT2D eigenvalue weighted by atomic mass is 10.1. The number of hydrogen-bond acceptors (Lipinski definition) is 6. The smallest absolute Gasteiger partial charge is 0.341 e. The molecule has 21 heavy (non-hydrogen) atoms. The average molecular weight is 291 g/mol. The highest BCUT2D eigenvalue weighted by molar-refractivity contribution is 5.97. The summed E-state index contributed by atoms with van der Waals surface area (Å²) in [6.07, 6.45) is 3.25. The van der Waals surface area contributed by atoms with Gasteiger partial charge in [-0.3, -0.25) is 0 Å². The van der Waals surface area contributed by atoms with Crippen LogP contribution in [0.2, 0.25) is 0 Å². The van der Waals surface area contributed by atoms with Crippen molar-refractivity contribution in [3.8, 4) is 5.75 Å². The van der Waals surface area contributed by atoms with Gasteiger partial charge in [-0.15, -0.1) is 0 Å². The van der Waals surface area contributed by atoms with Gasteiger partial charge in [-0.05, 0) is 31.4 Å². The van der Waals surface area contributed by atoms with Gasteiger partial charge in [0.1, 0.15) is 11.8 Å². The Labute approximate surface area is 121 Å². The highest BCUT2D eigenvalue weighted by Gasteiger charge is 2.26. The maximum Gasteiger partial charge on any atom is 0.341 e. The molecule has 7 nitrogen and oxygen atoms in total. The number of carbonyl (C=O) groups is 1. The summed E-state index contributed by atoms with van der Waals surface area (Å²) in [6.45, 7) is 0.626. The van der Waals surface area contributed by atoms with Crippen LogP contribution in [0.25, 0.3) is 5.52 Å². The first-order chi connectivity index (χ1) is 10.1. The summed E-state index contributed by atoms with van der Waals surface area (Å²) in [5.74, 6) is -0.0707. The number of ether oxygens (including phenoxy) is 1. The Bertz CT molecular complexity index is 682. The zero-order valence-corrected chi connectivity index (χ0v) is 11.7. The van der Waals surface area contributed by atoms with E-state index in [0.717, 1.165) is 12.8 Å². The van der Waals surface area contributed by atoms with Gasteiger partial charge in [0, 0.05) is 6.54 Å². The van der Waals surface area contributed by atoms with Crippen molar-refractivity contribution >= 4 is 17.3 Å². The third-order valence-electron chi connectivity index (χ3n) is 3.78. The number of pyridine rings is 1. The number of aliphatic hydroxyl groups excluding tert-OH is 1. The molecule has 1 fully saturated rings. The molecule has 2 aromatic heterocycles. The van der Waals surface area contributed by atoms with Gasteiger partial charge in [-0.1, -0.05) is 0 Å². The number of anilines is 1. The number of fused-ring (bicyclic) bond motifs is 1. The Morgan fingerprint density at radius 2 is 2.24 bits per heavy atom. The second-order valence-electron chi connectivity index (χ2n) is 5.06. The van der Waals surface area contributed by atoms with E-state index in [-0.39, 0.29) is 5.75 Å². The summed E-state index contributed by atoms with van der Waals surface area (Å²) >= 11 is 0. The van der Waals surface area contributed by atoms with Crippen molar-refractivity contribution in [1.29, 1.82) is 0 Å². The SMILES string of the molecule is COC(=O)c1cnn2c(N3CCCCC3O)c(O)ccc12. The number of piperidine rings is 1. The Balaban J connectivity index is 2.15. The van der Waals surface area contributed by atoms with Gasteiger partial charge in [0.05, 0.1) is 18.8 Å². The minimum atomic E-state index is -0.666. The fourth-order valence-electron chi connectivity index (χ4n) is 2.72. The van der Waals surface area contributed by atoms with Crippen LogP contribution in [-0.4, -0.2) is 45.7 Å². The molecule has 2 N–H and O–H groups in total. The van der Waals surface area contributed by atoms with E-state index in [1.165, 1.54) is 23.9 Å². The van der Waals surface area contributed by atoms with E-state index in [0.29, 0.717) is 29.9 Å². The summed E-state index contributed by atoms with van der Waals surface area (Å²) in [7, 11) is 1.31. The highest BCUT2D eigenvalue weighted by Crippen LogP contribution is 2.33. The standard InChI is InChI=1S/C14H17N3O4/c1-21-14(20)9-8-15-17-10(9)5-6-11(18)13(17)16-7-3-2-4-12(16)19/h5-6,8,12,18-19H,2-4,7H2,1H3. The number of hydrogen-bond donors (Lipinski definition) is 2. The van der Waals surface area contributed by atoms with Crippen LogP contribution >= 0.6 is 0 Å². The Morgan fingerprint density at radius 3 is 2.95 bits per heavy atom. The lowest BCUT2D eigenvalue weighted by Crippen LogP contribution is -2.40. The Morgan fingerprint density at radius 1 is 1.43 bits per heavy atom. The van der Waals surface area contributed by atoms with Crippen LogP contribution in [0, 0.1) is 0 Å². The number of nitrogens with zero attached hydrogens (tertiary/aromatic N) is 3. The predicted molar refractivity (Wildman–Crippen MR) is 75.4 cm³/mol. The Kier molecular flexibility index (Phi) is 3.42. The van der Waals surface area contributed by atoms with Crippen LogP contribution in [0.1, 0.15) is 29.6 Å². The zero-order chi connectivity index (χ0) is 15.0. The monoisotopic (exact) mass is 291 g/mol. The number of aromatic nitrogens is 2. The minimum Gasteiger partial charge on any atom is -0.504 e. The van der Waals surface area contributed by atoms with E-state index in [1.54, 1.807) is 11.0 Å². The van der Waals surface area contributed by atoms with E-state index in [2.05, 4.69) is 5.10 Å². The quantitative estimate of drug-likeness (QED) is 0.807. The maximum atomic E-state index is 11.7. The van der Waals surface area contributed by atoms with Crippen molar-refractivity contribution in [1.82, 2.24) is 9.61 Å². The Hall–Kier alpha value is -2.28. The number of methoxy groups -OCH3 is 1. The molecule has 3 heterocycles. The third-order valence-corrected chi connectivity index (χ3v) is 3.78. The molecule has 0 amide bonds. The van der Waals surface area contributed by atoms with Crippen LogP contribution in [-0.2, 0) is 4.74 Å². The molecule has 1 unspecified atom stereocenters. The molecule has 1 aliphatic heterocycles. The average Bonchev–Trinajstić information content (AvgIpc) is 2.91. The van der Waals surface area contributed by atoms with E-state index in [9.17, 15) is 15.0 Å². The molecule has 112 valence electrons. The number of esters is 1. The van der Waals surface area contributed by atoms with Gasteiger partial charge in [0.2, 0.25) is 0 Å². The van der Waals surface area contributed by atoms with E-state index < -0.39 is 12.2 Å².